The third-order valence-corrected chi connectivity index (χ3v) is 4.47. The number of para-hydroxylation sites is 2. The molecule has 1 aliphatic rings. The third kappa shape index (κ3) is 5.38. The number of aromatic hydroxyl groups is 1. The summed E-state index contributed by atoms with van der Waals surface area (Å²) in [6, 6.07) is 11.3. The number of phenols is 1. The lowest BCUT2D eigenvalue weighted by molar-refractivity contribution is 0.369. The number of anilines is 1. The van der Waals surface area contributed by atoms with Gasteiger partial charge in [0.05, 0.1) is 12.8 Å². The van der Waals surface area contributed by atoms with Crippen LogP contribution in [0, 0.1) is 0 Å². The monoisotopic (exact) mass is 483 g/mol. The first-order valence-corrected chi connectivity index (χ1v) is 8.68. The molecule has 0 spiro atoms. The van der Waals surface area contributed by atoms with Crippen LogP contribution in [0.1, 0.15) is 5.56 Å². The molecular formula is C19H26IN5O2. The van der Waals surface area contributed by atoms with Gasteiger partial charge in [-0.2, -0.15) is 0 Å². The molecule has 1 fully saturated rings. The fourth-order valence-corrected chi connectivity index (χ4v) is 3.08. The summed E-state index contributed by atoms with van der Waals surface area (Å²) in [7, 11) is 3.41. The number of nitrogens with zero attached hydrogens (tertiary/aromatic N) is 4. The number of aliphatic imine (C=N–C) groups is 1. The number of phenolic OH excluding ortho intramolecular Hbond substituents is 1. The van der Waals surface area contributed by atoms with E-state index >= 15 is 0 Å². The van der Waals surface area contributed by atoms with Crippen molar-refractivity contribution in [1.82, 2.24) is 15.2 Å². The van der Waals surface area contributed by atoms with Gasteiger partial charge in [-0.05, 0) is 23.8 Å². The average Bonchev–Trinajstić information content (AvgIpc) is 2.69. The van der Waals surface area contributed by atoms with E-state index in [2.05, 4.69) is 25.1 Å². The van der Waals surface area contributed by atoms with E-state index < -0.39 is 0 Å². The van der Waals surface area contributed by atoms with Crippen LogP contribution in [-0.2, 0) is 6.54 Å². The molecule has 0 atom stereocenters. The molecule has 1 aromatic heterocycles. The van der Waals surface area contributed by atoms with E-state index in [0.29, 0.717) is 18.2 Å². The first-order valence-electron chi connectivity index (χ1n) is 8.68. The predicted octanol–water partition coefficient (Wildman–Crippen LogP) is 2.31. The molecule has 1 aliphatic heterocycles. The Hall–Kier alpha value is -2.23. The third-order valence-electron chi connectivity index (χ3n) is 4.47. The highest BCUT2D eigenvalue weighted by Crippen LogP contribution is 2.27. The Morgan fingerprint density at radius 3 is 2.63 bits per heavy atom. The van der Waals surface area contributed by atoms with Gasteiger partial charge in [-0.15, -0.1) is 24.0 Å². The van der Waals surface area contributed by atoms with Crippen molar-refractivity contribution in [1.29, 1.82) is 0 Å². The molecule has 2 N–H and O–H groups in total. The van der Waals surface area contributed by atoms with E-state index in [1.165, 1.54) is 0 Å². The summed E-state index contributed by atoms with van der Waals surface area (Å²) in [5.41, 5.74) is 1.98. The molecule has 0 bridgehead atoms. The van der Waals surface area contributed by atoms with Crippen LogP contribution in [0.25, 0.3) is 0 Å². The number of pyridine rings is 1. The standard InChI is InChI=1S/C19H25N5O2.HI/c1-20-19(22-14-15-7-8-21-18(13-15)26-2)24-11-9-23(10-12-24)16-5-3-4-6-17(16)25;/h3-8,13,25H,9-12,14H2,1-2H3,(H,20,22);1H. The fraction of sp³-hybridized carbons (Fsp3) is 0.368. The first-order chi connectivity index (χ1) is 12.7. The average molecular weight is 483 g/mol. The molecule has 0 amide bonds. The maximum atomic E-state index is 10.0. The highest BCUT2D eigenvalue weighted by molar-refractivity contribution is 14.0. The zero-order valence-electron chi connectivity index (χ0n) is 15.6. The molecular weight excluding hydrogens is 457 g/mol. The predicted molar refractivity (Wildman–Crippen MR) is 118 cm³/mol. The van der Waals surface area contributed by atoms with Crippen molar-refractivity contribution in [3.05, 3.63) is 48.2 Å². The van der Waals surface area contributed by atoms with Gasteiger partial charge in [0.15, 0.2) is 5.96 Å². The summed E-state index contributed by atoms with van der Waals surface area (Å²) in [5.74, 6) is 1.81. The molecule has 27 heavy (non-hydrogen) atoms. The van der Waals surface area contributed by atoms with E-state index in [0.717, 1.165) is 43.4 Å². The van der Waals surface area contributed by atoms with Crippen molar-refractivity contribution in [3.8, 4) is 11.6 Å². The fourth-order valence-electron chi connectivity index (χ4n) is 3.08. The Labute approximate surface area is 177 Å². The van der Waals surface area contributed by atoms with E-state index in [1.807, 2.05) is 30.3 Å². The molecule has 146 valence electrons. The number of benzene rings is 1. The zero-order chi connectivity index (χ0) is 18.4. The van der Waals surface area contributed by atoms with Crippen molar-refractivity contribution in [2.45, 2.75) is 6.54 Å². The van der Waals surface area contributed by atoms with Gasteiger partial charge in [-0.25, -0.2) is 4.98 Å². The molecule has 3 rings (SSSR count). The van der Waals surface area contributed by atoms with Gasteiger partial charge < -0.3 is 25.0 Å². The molecule has 2 aromatic rings. The van der Waals surface area contributed by atoms with Crippen LogP contribution in [0.15, 0.2) is 47.6 Å². The van der Waals surface area contributed by atoms with Crippen molar-refractivity contribution in [2.75, 3.05) is 45.2 Å². The van der Waals surface area contributed by atoms with Crippen LogP contribution in [0.3, 0.4) is 0 Å². The molecule has 7 nitrogen and oxygen atoms in total. The van der Waals surface area contributed by atoms with Gasteiger partial charge >= 0.3 is 0 Å². The van der Waals surface area contributed by atoms with Gasteiger partial charge in [0, 0.05) is 52.0 Å². The second kappa shape index (κ2) is 10.2. The summed E-state index contributed by atoms with van der Waals surface area (Å²) >= 11 is 0. The van der Waals surface area contributed by atoms with Gasteiger partial charge in [0.25, 0.3) is 0 Å². The number of rotatable bonds is 4. The van der Waals surface area contributed by atoms with Crippen LogP contribution in [0.4, 0.5) is 5.69 Å². The number of nitrogens with one attached hydrogen (secondary N) is 1. The number of aromatic nitrogens is 1. The van der Waals surface area contributed by atoms with Gasteiger partial charge in [0.1, 0.15) is 5.75 Å². The lowest BCUT2D eigenvalue weighted by Crippen LogP contribution is -2.52. The number of ether oxygens (including phenoxy) is 1. The Bertz CT molecular complexity index is 763. The normalized spacial score (nSPS) is 14.5. The molecule has 2 heterocycles. The summed E-state index contributed by atoms with van der Waals surface area (Å²) in [4.78, 5) is 13.0. The minimum atomic E-state index is 0. The first kappa shape index (κ1) is 21.1. The van der Waals surface area contributed by atoms with E-state index in [1.54, 1.807) is 26.4 Å². The molecule has 0 aliphatic carbocycles. The SMILES string of the molecule is CN=C(NCc1ccnc(OC)c1)N1CCN(c2ccccc2O)CC1.I. The summed E-state index contributed by atoms with van der Waals surface area (Å²) in [6.07, 6.45) is 1.74. The summed E-state index contributed by atoms with van der Waals surface area (Å²) < 4.78 is 5.16. The van der Waals surface area contributed by atoms with E-state index in [-0.39, 0.29) is 24.0 Å². The van der Waals surface area contributed by atoms with Gasteiger partial charge in [-0.1, -0.05) is 12.1 Å². The van der Waals surface area contributed by atoms with Crippen LogP contribution >= 0.6 is 24.0 Å². The number of methoxy groups -OCH3 is 1. The molecule has 1 saturated heterocycles. The number of hydrogen-bond donors (Lipinski definition) is 2. The van der Waals surface area contributed by atoms with Gasteiger partial charge in [-0.3, -0.25) is 4.99 Å². The van der Waals surface area contributed by atoms with Gasteiger partial charge in [0.2, 0.25) is 5.88 Å². The van der Waals surface area contributed by atoms with Crippen molar-refractivity contribution >= 4 is 35.6 Å². The van der Waals surface area contributed by atoms with Crippen molar-refractivity contribution in [3.63, 3.8) is 0 Å². The number of guanidine groups is 1. The lowest BCUT2D eigenvalue weighted by Gasteiger charge is -2.37. The number of halogens is 1. The van der Waals surface area contributed by atoms with Crippen molar-refractivity contribution in [2.24, 2.45) is 4.99 Å². The Morgan fingerprint density at radius 1 is 1.22 bits per heavy atom. The second-order valence-electron chi connectivity index (χ2n) is 6.07. The topological polar surface area (TPSA) is 73.2 Å². The maximum absolute atomic E-state index is 10.0. The minimum Gasteiger partial charge on any atom is -0.506 e. The maximum Gasteiger partial charge on any atom is 0.213 e. The highest BCUT2D eigenvalue weighted by Gasteiger charge is 2.21. The molecule has 0 saturated carbocycles. The summed E-state index contributed by atoms with van der Waals surface area (Å²) in [5, 5.41) is 13.4. The van der Waals surface area contributed by atoms with Crippen LogP contribution in [0.5, 0.6) is 11.6 Å². The number of piperazine rings is 1. The second-order valence-corrected chi connectivity index (χ2v) is 6.07. The zero-order valence-corrected chi connectivity index (χ0v) is 18.0. The Balaban J connectivity index is 0.00000261. The smallest absolute Gasteiger partial charge is 0.213 e. The van der Waals surface area contributed by atoms with Crippen LogP contribution < -0.4 is 15.0 Å². The highest BCUT2D eigenvalue weighted by atomic mass is 127. The molecule has 8 heteroatoms. The number of hydrogen-bond acceptors (Lipinski definition) is 5. The quantitative estimate of drug-likeness (QED) is 0.395. The minimum absolute atomic E-state index is 0. The summed E-state index contributed by atoms with van der Waals surface area (Å²) in [6.45, 7) is 4.01. The molecule has 0 radical (unpaired) electrons. The largest absolute Gasteiger partial charge is 0.506 e. The Kier molecular flexibility index (Phi) is 7.96. The van der Waals surface area contributed by atoms with E-state index in [4.69, 9.17) is 4.74 Å². The van der Waals surface area contributed by atoms with Crippen LogP contribution in [-0.4, -0.2) is 61.3 Å². The lowest BCUT2D eigenvalue weighted by atomic mass is 10.2. The van der Waals surface area contributed by atoms with Crippen LogP contribution in [0.2, 0.25) is 0 Å². The molecule has 0 unspecified atom stereocenters. The molecule has 1 aromatic carbocycles. The van der Waals surface area contributed by atoms with Crippen molar-refractivity contribution < 1.29 is 9.84 Å². The van der Waals surface area contributed by atoms with E-state index in [9.17, 15) is 5.11 Å². The Morgan fingerprint density at radius 2 is 1.96 bits per heavy atom.